The summed E-state index contributed by atoms with van der Waals surface area (Å²) in [4.78, 5) is 12.5. The van der Waals surface area contributed by atoms with Gasteiger partial charge in [-0.3, -0.25) is 0 Å². The van der Waals surface area contributed by atoms with Gasteiger partial charge in [-0.15, -0.1) is 5.11 Å². The lowest BCUT2D eigenvalue weighted by Crippen LogP contribution is -2.08. The number of rotatable bonds is 14. The van der Waals surface area contributed by atoms with Crippen molar-refractivity contribution in [3.8, 4) is 23.0 Å². The predicted molar refractivity (Wildman–Crippen MR) is 140 cm³/mol. The fourth-order valence-electron chi connectivity index (χ4n) is 3.46. The summed E-state index contributed by atoms with van der Waals surface area (Å²) in [5, 5.41) is 18.5. The minimum Gasteiger partial charge on any atom is -0.505 e. The molecule has 3 rings (SSSR count). The first-order valence-corrected chi connectivity index (χ1v) is 12.5. The summed E-state index contributed by atoms with van der Waals surface area (Å²) >= 11 is 0. The highest BCUT2D eigenvalue weighted by atomic mass is 16.5. The molecule has 0 radical (unpaired) electrons. The van der Waals surface area contributed by atoms with Crippen LogP contribution in [-0.4, -0.2) is 24.3 Å². The third-order valence-corrected chi connectivity index (χ3v) is 5.43. The van der Waals surface area contributed by atoms with Crippen LogP contribution < -0.4 is 14.2 Å². The van der Waals surface area contributed by atoms with Crippen LogP contribution >= 0.6 is 0 Å². The summed E-state index contributed by atoms with van der Waals surface area (Å²) in [6.45, 7) is 5.38. The number of ether oxygens (including phenoxy) is 3. The average Bonchev–Trinajstić information content (AvgIpc) is 2.89. The van der Waals surface area contributed by atoms with Crippen molar-refractivity contribution < 1.29 is 24.1 Å². The van der Waals surface area contributed by atoms with Crippen LogP contribution in [0.3, 0.4) is 0 Å². The molecule has 0 aliphatic carbocycles. The van der Waals surface area contributed by atoms with Gasteiger partial charge in [0.25, 0.3) is 0 Å². The first-order valence-electron chi connectivity index (χ1n) is 12.5. The Kier molecular flexibility index (Phi) is 10.8. The molecule has 0 unspecified atom stereocenters. The molecule has 7 nitrogen and oxygen atoms in total. The van der Waals surface area contributed by atoms with Gasteiger partial charge in [0.2, 0.25) is 0 Å². The fourth-order valence-corrected chi connectivity index (χ4v) is 3.46. The van der Waals surface area contributed by atoms with Crippen LogP contribution in [0.15, 0.2) is 77.0 Å². The summed E-state index contributed by atoms with van der Waals surface area (Å²) in [5.74, 6) is 1.01. The SMILES string of the molecule is CCCCCCCCOc1ccc(C(=O)Oc2ccc(N=Nc3ccc(OCC)cc3)c(O)c2)cc1. The van der Waals surface area contributed by atoms with E-state index in [0.717, 1.165) is 17.9 Å². The standard InChI is InChI=1S/C29H34N2O5/c1-3-5-6-7-8-9-20-35-25-14-10-22(11-15-25)29(33)36-26-18-19-27(28(32)21-26)31-30-23-12-16-24(17-13-23)34-4-2/h10-19,21,32H,3-9,20H2,1-2H3. The van der Waals surface area contributed by atoms with Crippen molar-refractivity contribution >= 4 is 17.3 Å². The largest absolute Gasteiger partial charge is 0.505 e. The Bertz CT molecular complexity index is 1110. The van der Waals surface area contributed by atoms with Gasteiger partial charge >= 0.3 is 5.97 Å². The van der Waals surface area contributed by atoms with Crippen LogP contribution in [0.25, 0.3) is 0 Å². The van der Waals surface area contributed by atoms with Crippen molar-refractivity contribution in [1.29, 1.82) is 0 Å². The van der Waals surface area contributed by atoms with Gasteiger partial charge in [-0.05, 0) is 74.0 Å². The molecule has 3 aromatic carbocycles. The number of carbonyl (C=O) groups is 1. The van der Waals surface area contributed by atoms with E-state index in [4.69, 9.17) is 14.2 Å². The van der Waals surface area contributed by atoms with Crippen LogP contribution in [0.5, 0.6) is 23.0 Å². The molecule has 0 saturated heterocycles. The molecule has 36 heavy (non-hydrogen) atoms. The van der Waals surface area contributed by atoms with Gasteiger partial charge in [-0.1, -0.05) is 39.0 Å². The topological polar surface area (TPSA) is 89.7 Å². The summed E-state index contributed by atoms with van der Waals surface area (Å²) < 4.78 is 16.5. The quantitative estimate of drug-likeness (QED) is 0.107. The van der Waals surface area contributed by atoms with E-state index in [1.165, 1.54) is 44.2 Å². The highest BCUT2D eigenvalue weighted by molar-refractivity contribution is 5.91. The van der Waals surface area contributed by atoms with Gasteiger partial charge in [0, 0.05) is 6.07 Å². The molecular weight excluding hydrogens is 456 g/mol. The molecule has 0 aliphatic rings. The molecule has 0 atom stereocenters. The van der Waals surface area contributed by atoms with Crippen molar-refractivity contribution in [2.75, 3.05) is 13.2 Å². The molecule has 0 spiro atoms. The zero-order valence-electron chi connectivity index (χ0n) is 21.0. The number of carbonyl (C=O) groups excluding carboxylic acids is 1. The van der Waals surface area contributed by atoms with Gasteiger partial charge in [0.1, 0.15) is 28.7 Å². The number of hydrogen-bond acceptors (Lipinski definition) is 7. The van der Waals surface area contributed by atoms with E-state index in [9.17, 15) is 9.90 Å². The lowest BCUT2D eigenvalue weighted by molar-refractivity contribution is 0.0734. The fraction of sp³-hybridized carbons (Fsp3) is 0.345. The van der Waals surface area contributed by atoms with Crippen molar-refractivity contribution in [2.24, 2.45) is 10.2 Å². The van der Waals surface area contributed by atoms with Crippen LogP contribution in [0.1, 0.15) is 62.7 Å². The predicted octanol–water partition coefficient (Wildman–Crippen LogP) is 8.16. The van der Waals surface area contributed by atoms with E-state index < -0.39 is 5.97 Å². The molecule has 7 heteroatoms. The summed E-state index contributed by atoms with van der Waals surface area (Å²) in [6, 6.07) is 18.4. The third kappa shape index (κ3) is 8.73. The van der Waals surface area contributed by atoms with Gasteiger partial charge in [0.15, 0.2) is 0 Å². The number of nitrogens with zero attached hydrogens (tertiary/aromatic N) is 2. The molecular formula is C29H34N2O5. The Hall–Kier alpha value is -3.87. The molecule has 0 aliphatic heterocycles. The Balaban J connectivity index is 1.49. The third-order valence-electron chi connectivity index (χ3n) is 5.43. The van der Waals surface area contributed by atoms with E-state index in [-0.39, 0.29) is 17.2 Å². The van der Waals surface area contributed by atoms with E-state index in [0.29, 0.717) is 24.5 Å². The number of phenolic OH excluding ortho intramolecular Hbond substituents is 1. The van der Waals surface area contributed by atoms with E-state index >= 15 is 0 Å². The Labute approximate surface area is 212 Å². The second kappa shape index (κ2) is 14.5. The van der Waals surface area contributed by atoms with Crippen molar-refractivity contribution in [3.63, 3.8) is 0 Å². The van der Waals surface area contributed by atoms with E-state index in [2.05, 4.69) is 17.2 Å². The van der Waals surface area contributed by atoms with Gasteiger partial charge < -0.3 is 19.3 Å². The molecule has 0 fully saturated rings. The second-order valence-electron chi connectivity index (χ2n) is 8.31. The number of aromatic hydroxyl groups is 1. The number of hydrogen-bond donors (Lipinski definition) is 1. The number of phenols is 1. The van der Waals surface area contributed by atoms with Crippen LogP contribution in [0.2, 0.25) is 0 Å². The molecule has 0 heterocycles. The monoisotopic (exact) mass is 490 g/mol. The number of unbranched alkanes of at least 4 members (excludes halogenated alkanes) is 5. The lowest BCUT2D eigenvalue weighted by Gasteiger charge is -2.08. The van der Waals surface area contributed by atoms with Crippen molar-refractivity contribution in [2.45, 2.75) is 52.4 Å². The Morgan fingerprint density at radius 3 is 2.08 bits per heavy atom. The van der Waals surface area contributed by atoms with Crippen LogP contribution in [-0.2, 0) is 0 Å². The van der Waals surface area contributed by atoms with Gasteiger partial charge in [-0.25, -0.2) is 4.79 Å². The van der Waals surface area contributed by atoms with Crippen LogP contribution in [0, 0.1) is 0 Å². The minimum absolute atomic E-state index is 0.145. The zero-order valence-corrected chi connectivity index (χ0v) is 21.0. The van der Waals surface area contributed by atoms with Crippen molar-refractivity contribution in [3.05, 3.63) is 72.3 Å². The summed E-state index contributed by atoms with van der Waals surface area (Å²) in [6.07, 6.45) is 7.24. The number of esters is 1. The normalized spacial score (nSPS) is 10.9. The maximum atomic E-state index is 12.5. The maximum Gasteiger partial charge on any atom is 0.343 e. The summed E-state index contributed by atoms with van der Waals surface area (Å²) in [5.41, 5.74) is 1.27. The smallest absolute Gasteiger partial charge is 0.343 e. The number of benzene rings is 3. The van der Waals surface area contributed by atoms with Crippen molar-refractivity contribution in [1.82, 2.24) is 0 Å². The first kappa shape index (κ1) is 26.7. The second-order valence-corrected chi connectivity index (χ2v) is 8.31. The molecule has 0 bridgehead atoms. The molecule has 0 amide bonds. The molecule has 0 saturated carbocycles. The highest BCUT2D eigenvalue weighted by Crippen LogP contribution is 2.32. The van der Waals surface area contributed by atoms with Gasteiger partial charge in [0.05, 0.1) is 24.5 Å². The number of azo groups is 1. The van der Waals surface area contributed by atoms with Gasteiger partial charge in [-0.2, -0.15) is 5.11 Å². The Morgan fingerprint density at radius 1 is 0.750 bits per heavy atom. The molecule has 190 valence electrons. The lowest BCUT2D eigenvalue weighted by atomic mass is 10.1. The average molecular weight is 491 g/mol. The molecule has 3 aromatic rings. The zero-order chi connectivity index (χ0) is 25.6. The maximum absolute atomic E-state index is 12.5. The molecule has 0 aromatic heterocycles. The molecule has 1 N–H and O–H groups in total. The summed E-state index contributed by atoms with van der Waals surface area (Å²) in [7, 11) is 0. The van der Waals surface area contributed by atoms with Crippen LogP contribution in [0.4, 0.5) is 11.4 Å². The first-order chi connectivity index (χ1) is 17.6. The van der Waals surface area contributed by atoms with E-state index in [1.807, 2.05) is 6.92 Å². The highest BCUT2D eigenvalue weighted by Gasteiger charge is 2.11. The van der Waals surface area contributed by atoms with E-state index in [1.54, 1.807) is 54.6 Å². The minimum atomic E-state index is -0.527. The Morgan fingerprint density at radius 2 is 1.39 bits per heavy atom.